The zero-order valence-corrected chi connectivity index (χ0v) is 11.9. The highest BCUT2D eigenvalue weighted by atomic mass is 32.2. The van der Waals surface area contributed by atoms with E-state index < -0.39 is 0 Å². The van der Waals surface area contributed by atoms with E-state index in [2.05, 4.69) is 18.5 Å². The second kappa shape index (κ2) is 5.76. The average Bonchev–Trinajstić information content (AvgIpc) is 2.67. The number of rotatable bonds is 4. The maximum Gasteiger partial charge on any atom is 0.245 e. The zero-order valence-electron chi connectivity index (χ0n) is 11.1. The predicted octanol–water partition coefficient (Wildman–Crippen LogP) is 2.26. The summed E-state index contributed by atoms with van der Waals surface area (Å²) in [6, 6.07) is 9.74. The molecule has 3 nitrogen and oxygen atoms in total. The second-order valence-corrected chi connectivity index (χ2v) is 6.00. The van der Waals surface area contributed by atoms with Gasteiger partial charge in [0, 0.05) is 11.8 Å². The number of amides is 1. The maximum atomic E-state index is 12.4. The van der Waals surface area contributed by atoms with Crippen LogP contribution in [0.25, 0.3) is 0 Å². The highest BCUT2D eigenvalue weighted by molar-refractivity contribution is 7.99. The van der Waals surface area contributed by atoms with Gasteiger partial charge in [0.15, 0.2) is 0 Å². The normalized spacial score (nSPS) is 25.5. The Kier molecular flexibility index (Phi) is 4.30. The van der Waals surface area contributed by atoms with E-state index in [1.54, 1.807) is 11.8 Å². The summed E-state index contributed by atoms with van der Waals surface area (Å²) in [7, 11) is 0. The van der Waals surface area contributed by atoms with E-state index in [-0.39, 0.29) is 18.1 Å². The minimum absolute atomic E-state index is 0.109. The first-order chi connectivity index (χ1) is 8.63. The van der Waals surface area contributed by atoms with Gasteiger partial charge in [-0.25, -0.2) is 0 Å². The summed E-state index contributed by atoms with van der Waals surface area (Å²) in [6.45, 7) is 5.01. The molecule has 1 amide bonds. The SMILES string of the molecule is CSC(C)CN1C(=O)C(c2ccccc2)NC1C. The molecule has 1 heterocycles. The number of benzene rings is 1. The molecule has 0 spiro atoms. The van der Waals surface area contributed by atoms with E-state index in [1.807, 2.05) is 42.2 Å². The molecule has 1 aliphatic rings. The molecule has 0 aromatic heterocycles. The summed E-state index contributed by atoms with van der Waals surface area (Å²) < 4.78 is 0. The van der Waals surface area contributed by atoms with Gasteiger partial charge in [0.2, 0.25) is 5.91 Å². The quantitative estimate of drug-likeness (QED) is 0.905. The van der Waals surface area contributed by atoms with E-state index in [4.69, 9.17) is 0 Å². The molecule has 98 valence electrons. The fraction of sp³-hybridized carbons (Fsp3) is 0.500. The number of hydrogen-bond acceptors (Lipinski definition) is 3. The van der Waals surface area contributed by atoms with Crippen LogP contribution < -0.4 is 5.32 Å². The molecule has 18 heavy (non-hydrogen) atoms. The number of nitrogens with one attached hydrogen (secondary N) is 1. The number of nitrogens with zero attached hydrogens (tertiary/aromatic N) is 1. The first-order valence-electron chi connectivity index (χ1n) is 6.27. The smallest absolute Gasteiger partial charge is 0.245 e. The van der Waals surface area contributed by atoms with Crippen LogP contribution in [0.15, 0.2) is 30.3 Å². The largest absolute Gasteiger partial charge is 0.325 e. The Morgan fingerprint density at radius 2 is 2.06 bits per heavy atom. The highest BCUT2D eigenvalue weighted by Gasteiger charge is 2.37. The van der Waals surface area contributed by atoms with Crippen molar-refractivity contribution in [3.63, 3.8) is 0 Å². The second-order valence-electron chi connectivity index (χ2n) is 4.72. The zero-order chi connectivity index (χ0) is 13.1. The molecular formula is C14H20N2OS. The Morgan fingerprint density at radius 1 is 1.39 bits per heavy atom. The van der Waals surface area contributed by atoms with Crippen LogP contribution in [0.1, 0.15) is 25.5 Å². The molecule has 2 rings (SSSR count). The molecule has 0 bridgehead atoms. The molecule has 0 radical (unpaired) electrons. The molecule has 3 unspecified atom stereocenters. The molecule has 1 aromatic rings. The number of hydrogen-bond donors (Lipinski definition) is 1. The molecule has 1 aliphatic heterocycles. The lowest BCUT2D eigenvalue weighted by Crippen LogP contribution is -2.38. The minimum atomic E-state index is -0.185. The molecule has 1 N–H and O–H groups in total. The maximum absolute atomic E-state index is 12.4. The van der Waals surface area contributed by atoms with Gasteiger partial charge in [-0.05, 0) is 18.7 Å². The van der Waals surface area contributed by atoms with Gasteiger partial charge in [0.05, 0.1) is 6.17 Å². The molecule has 0 saturated carbocycles. The summed E-state index contributed by atoms with van der Waals surface area (Å²) in [5.41, 5.74) is 1.05. The molecule has 0 aliphatic carbocycles. The van der Waals surface area contributed by atoms with Crippen LogP contribution in [-0.4, -0.2) is 35.0 Å². The van der Waals surface area contributed by atoms with Crippen LogP contribution >= 0.6 is 11.8 Å². The summed E-state index contributed by atoms with van der Waals surface area (Å²) in [5.74, 6) is 0.189. The van der Waals surface area contributed by atoms with Crippen molar-refractivity contribution in [2.24, 2.45) is 0 Å². The third kappa shape index (κ3) is 2.70. The van der Waals surface area contributed by atoms with Crippen LogP contribution in [0.5, 0.6) is 0 Å². The molecule has 3 atom stereocenters. The molecule has 4 heteroatoms. The van der Waals surface area contributed by atoms with Gasteiger partial charge >= 0.3 is 0 Å². The Balaban J connectivity index is 2.12. The lowest BCUT2D eigenvalue weighted by Gasteiger charge is -2.23. The first kappa shape index (κ1) is 13.4. The van der Waals surface area contributed by atoms with E-state index in [0.717, 1.165) is 12.1 Å². The Labute approximate surface area is 113 Å². The summed E-state index contributed by atoms with van der Waals surface area (Å²) in [5, 5.41) is 3.83. The minimum Gasteiger partial charge on any atom is -0.325 e. The van der Waals surface area contributed by atoms with Gasteiger partial charge in [-0.1, -0.05) is 37.3 Å². The van der Waals surface area contributed by atoms with Gasteiger partial charge in [0.25, 0.3) is 0 Å². The Hall–Kier alpha value is -1.00. The topological polar surface area (TPSA) is 32.3 Å². The van der Waals surface area contributed by atoms with Crippen molar-refractivity contribution >= 4 is 17.7 Å². The van der Waals surface area contributed by atoms with Gasteiger partial charge in [0.1, 0.15) is 6.04 Å². The first-order valence-corrected chi connectivity index (χ1v) is 7.56. The van der Waals surface area contributed by atoms with Crippen LogP contribution in [0.2, 0.25) is 0 Å². The summed E-state index contributed by atoms with van der Waals surface area (Å²) >= 11 is 1.79. The van der Waals surface area contributed by atoms with Gasteiger partial charge in [-0.15, -0.1) is 0 Å². The van der Waals surface area contributed by atoms with E-state index in [0.29, 0.717) is 5.25 Å². The fourth-order valence-electron chi connectivity index (χ4n) is 2.24. The Morgan fingerprint density at radius 3 is 2.67 bits per heavy atom. The molecular weight excluding hydrogens is 244 g/mol. The lowest BCUT2D eigenvalue weighted by atomic mass is 10.1. The number of carbonyl (C=O) groups excluding carboxylic acids is 1. The van der Waals surface area contributed by atoms with Crippen LogP contribution in [0, 0.1) is 0 Å². The van der Waals surface area contributed by atoms with Crippen molar-refractivity contribution in [3.8, 4) is 0 Å². The third-order valence-electron chi connectivity index (χ3n) is 3.39. The Bertz CT molecular complexity index is 410. The standard InChI is InChI=1S/C14H20N2OS/c1-10(18-3)9-16-11(2)15-13(14(16)17)12-7-5-4-6-8-12/h4-8,10-11,13,15H,9H2,1-3H3. The van der Waals surface area contributed by atoms with Crippen molar-refractivity contribution in [3.05, 3.63) is 35.9 Å². The summed E-state index contributed by atoms with van der Waals surface area (Å²) in [6.07, 6.45) is 2.19. The van der Waals surface area contributed by atoms with Gasteiger partial charge in [-0.2, -0.15) is 11.8 Å². The van der Waals surface area contributed by atoms with Crippen molar-refractivity contribution in [1.82, 2.24) is 10.2 Å². The van der Waals surface area contributed by atoms with Crippen molar-refractivity contribution < 1.29 is 4.79 Å². The highest BCUT2D eigenvalue weighted by Crippen LogP contribution is 2.25. The van der Waals surface area contributed by atoms with Crippen molar-refractivity contribution in [2.45, 2.75) is 31.3 Å². The molecule has 1 saturated heterocycles. The molecule has 1 aromatic carbocycles. The fourth-order valence-corrected chi connectivity index (χ4v) is 2.55. The van der Waals surface area contributed by atoms with Gasteiger partial charge < -0.3 is 4.90 Å². The summed E-state index contributed by atoms with van der Waals surface area (Å²) in [4.78, 5) is 14.4. The van der Waals surface area contributed by atoms with Crippen LogP contribution in [0.4, 0.5) is 0 Å². The monoisotopic (exact) mass is 264 g/mol. The lowest BCUT2D eigenvalue weighted by molar-refractivity contribution is -0.129. The average molecular weight is 264 g/mol. The third-order valence-corrected chi connectivity index (χ3v) is 4.35. The number of thioether (sulfide) groups is 1. The van der Waals surface area contributed by atoms with E-state index in [9.17, 15) is 4.79 Å². The van der Waals surface area contributed by atoms with Crippen molar-refractivity contribution in [2.75, 3.05) is 12.8 Å². The molecule has 1 fully saturated rings. The van der Waals surface area contributed by atoms with Crippen LogP contribution in [-0.2, 0) is 4.79 Å². The predicted molar refractivity (Wildman–Crippen MR) is 76.5 cm³/mol. The van der Waals surface area contributed by atoms with E-state index in [1.165, 1.54) is 0 Å². The number of carbonyl (C=O) groups is 1. The van der Waals surface area contributed by atoms with Crippen molar-refractivity contribution in [1.29, 1.82) is 0 Å². The van der Waals surface area contributed by atoms with Crippen LogP contribution in [0.3, 0.4) is 0 Å². The van der Waals surface area contributed by atoms with Gasteiger partial charge in [-0.3, -0.25) is 10.1 Å². The van der Waals surface area contributed by atoms with E-state index >= 15 is 0 Å².